The second kappa shape index (κ2) is 8.81. The highest BCUT2D eigenvalue weighted by atomic mass is 16.5. The number of hydrogen-bond acceptors (Lipinski definition) is 2. The molecule has 0 aliphatic carbocycles. The maximum atomic E-state index is 13.1. The molecule has 136 valence electrons. The summed E-state index contributed by atoms with van der Waals surface area (Å²) < 4.78 is 5.90. The van der Waals surface area contributed by atoms with Crippen molar-refractivity contribution in [3.05, 3.63) is 84.4 Å². The molecule has 0 bridgehead atoms. The van der Waals surface area contributed by atoms with E-state index in [1.807, 2.05) is 59.5 Å². The second-order valence-electron chi connectivity index (χ2n) is 6.97. The zero-order chi connectivity index (χ0) is 18.4. The minimum atomic E-state index is -0.0946. The van der Waals surface area contributed by atoms with Crippen LogP contribution in [-0.4, -0.2) is 24.0 Å². The minimum Gasteiger partial charge on any atom is -0.376 e. The van der Waals surface area contributed by atoms with Gasteiger partial charge in [0.2, 0.25) is 5.91 Å². The van der Waals surface area contributed by atoms with Gasteiger partial charge in [-0.25, -0.2) is 0 Å². The molecule has 1 saturated heterocycles. The van der Waals surface area contributed by atoms with E-state index in [0.29, 0.717) is 13.2 Å². The van der Waals surface area contributed by atoms with Crippen LogP contribution in [0.4, 0.5) is 0 Å². The monoisotopic (exact) mass is 349 g/mol. The van der Waals surface area contributed by atoms with E-state index in [0.717, 1.165) is 18.5 Å². The van der Waals surface area contributed by atoms with Crippen molar-refractivity contribution < 1.29 is 9.53 Å². The molecule has 1 aliphatic rings. The van der Waals surface area contributed by atoms with Crippen molar-refractivity contribution in [3.63, 3.8) is 0 Å². The molecule has 3 atom stereocenters. The quantitative estimate of drug-likeness (QED) is 0.651. The van der Waals surface area contributed by atoms with E-state index < -0.39 is 0 Å². The molecule has 0 saturated carbocycles. The van der Waals surface area contributed by atoms with Crippen LogP contribution in [0.2, 0.25) is 0 Å². The van der Waals surface area contributed by atoms with Gasteiger partial charge in [-0.1, -0.05) is 66.7 Å². The van der Waals surface area contributed by atoms with Gasteiger partial charge in [0.25, 0.3) is 0 Å². The van der Waals surface area contributed by atoms with Crippen LogP contribution in [0, 0.1) is 11.8 Å². The van der Waals surface area contributed by atoms with Gasteiger partial charge >= 0.3 is 0 Å². The van der Waals surface area contributed by atoms with Gasteiger partial charge < -0.3 is 9.64 Å². The van der Waals surface area contributed by atoms with Crippen LogP contribution in [0.15, 0.2) is 73.3 Å². The molecule has 0 radical (unpaired) electrons. The van der Waals surface area contributed by atoms with Crippen LogP contribution in [-0.2, 0) is 16.1 Å². The first kappa shape index (κ1) is 18.4. The topological polar surface area (TPSA) is 29.5 Å². The molecule has 0 spiro atoms. The SMILES string of the molecule is C=CC[C@H]1CN([C@H](C)c2ccccc2)C(=O)C1COCc1ccccc1. The average Bonchev–Trinajstić information content (AvgIpc) is 2.99. The first-order valence-electron chi connectivity index (χ1n) is 9.28. The van der Waals surface area contributed by atoms with Gasteiger partial charge in [-0.3, -0.25) is 4.79 Å². The summed E-state index contributed by atoms with van der Waals surface area (Å²) in [5.74, 6) is 0.367. The Morgan fingerprint density at radius 3 is 2.46 bits per heavy atom. The maximum absolute atomic E-state index is 13.1. The van der Waals surface area contributed by atoms with Crippen molar-refractivity contribution in [1.82, 2.24) is 4.90 Å². The van der Waals surface area contributed by atoms with Crippen molar-refractivity contribution in [2.24, 2.45) is 11.8 Å². The highest BCUT2D eigenvalue weighted by Gasteiger charge is 2.41. The summed E-state index contributed by atoms with van der Waals surface area (Å²) in [6.07, 6.45) is 2.75. The van der Waals surface area contributed by atoms with Crippen LogP contribution in [0.3, 0.4) is 0 Å². The Morgan fingerprint density at radius 1 is 1.15 bits per heavy atom. The smallest absolute Gasteiger partial charge is 0.228 e. The van der Waals surface area contributed by atoms with Crippen LogP contribution >= 0.6 is 0 Å². The molecule has 1 heterocycles. The molecule has 1 fully saturated rings. The lowest BCUT2D eigenvalue weighted by atomic mass is 9.93. The van der Waals surface area contributed by atoms with E-state index in [9.17, 15) is 4.79 Å². The molecule has 0 aromatic heterocycles. The average molecular weight is 349 g/mol. The summed E-state index contributed by atoms with van der Waals surface area (Å²) in [6.45, 7) is 7.74. The zero-order valence-corrected chi connectivity index (χ0v) is 15.4. The highest BCUT2D eigenvalue weighted by Crippen LogP contribution is 2.34. The molecule has 1 unspecified atom stereocenters. The summed E-state index contributed by atoms with van der Waals surface area (Å²) in [7, 11) is 0. The Kier molecular flexibility index (Phi) is 6.24. The fourth-order valence-corrected chi connectivity index (χ4v) is 3.68. The lowest BCUT2D eigenvalue weighted by Crippen LogP contribution is -2.31. The summed E-state index contributed by atoms with van der Waals surface area (Å²) >= 11 is 0. The second-order valence-corrected chi connectivity index (χ2v) is 6.97. The highest BCUT2D eigenvalue weighted by molar-refractivity contribution is 5.82. The Morgan fingerprint density at radius 2 is 1.81 bits per heavy atom. The fraction of sp³-hybridized carbons (Fsp3) is 0.348. The first-order valence-corrected chi connectivity index (χ1v) is 9.28. The van der Waals surface area contributed by atoms with E-state index in [-0.39, 0.29) is 23.8 Å². The number of benzene rings is 2. The number of hydrogen-bond donors (Lipinski definition) is 0. The number of allylic oxidation sites excluding steroid dienone is 1. The molecular weight excluding hydrogens is 322 g/mol. The van der Waals surface area contributed by atoms with Crippen LogP contribution < -0.4 is 0 Å². The lowest BCUT2D eigenvalue weighted by molar-refractivity contribution is -0.134. The third kappa shape index (κ3) is 4.23. The zero-order valence-electron chi connectivity index (χ0n) is 15.4. The maximum Gasteiger partial charge on any atom is 0.228 e. The van der Waals surface area contributed by atoms with Gasteiger partial charge in [-0.15, -0.1) is 6.58 Å². The third-order valence-corrected chi connectivity index (χ3v) is 5.23. The summed E-state index contributed by atoms with van der Waals surface area (Å²) in [6, 6.07) is 20.4. The van der Waals surface area contributed by atoms with E-state index in [4.69, 9.17) is 4.74 Å². The Balaban J connectivity index is 1.65. The molecule has 2 aromatic carbocycles. The van der Waals surface area contributed by atoms with Gasteiger partial charge in [0, 0.05) is 6.54 Å². The molecule has 1 amide bonds. The van der Waals surface area contributed by atoms with E-state index in [2.05, 4.69) is 25.6 Å². The summed E-state index contributed by atoms with van der Waals surface area (Å²) in [5, 5.41) is 0. The number of nitrogens with zero attached hydrogens (tertiary/aromatic N) is 1. The van der Waals surface area contributed by atoms with Gasteiger partial charge in [0.15, 0.2) is 0 Å². The summed E-state index contributed by atoms with van der Waals surface area (Å²) in [4.78, 5) is 15.1. The molecule has 1 aliphatic heterocycles. The van der Waals surface area contributed by atoms with Crippen LogP contribution in [0.25, 0.3) is 0 Å². The lowest BCUT2D eigenvalue weighted by Gasteiger charge is -2.25. The van der Waals surface area contributed by atoms with E-state index in [1.165, 1.54) is 5.56 Å². The molecular formula is C23H27NO2. The van der Waals surface area contributed by atoms with Crippen LogP contribution in [0.1, 0.15) is 30.5 Å². The van der Waals surface area contributed by atoms with Crippen molar-refractivity contribution >= 4 is 5.91 Å². The van der Waals surface area contributed by atoms with Crippen molar-refractivity contribution in [2.75, 3.05) is 13.2 Å². The Bertz CT molecular complexity index is 714. The van der Waals surface area contributed by atoms with Crippen molar-refractivity contribution in [3.8, 4) is 0 Å². The van der Waals surface area contributed by atoms with E-state index >= 15 is 0 Å². The predicted molar refractivity (Wildman–Crippen MR) is 104 cm³/mol. The first-order chi connectivity index (χ1) is 12.7. The van der Waals surface area contributed by atoms with Gasteiger partial charge in [-0.2, -0.15) is 0 Å². The molecule has 0 N–H and O–H groups in total. The number of carbonyl (C=O) groups is 1. The van der Waals surface area contributed by atoms with Gasteiger partial charge in [0.05, 0.1) is 25.2 Å². The van der Waals surface area contributed by atoms with Gasteiger partial charge in [0.1, 0.15) is 0 Å². The number of carbonyl (C=O) groups excluding carboxylic acids is 1. The molecule has 3 rings (SSSR count). The van der Waals surface area contributed by atoms with Gasteiger partial charge in [-0.05, 0) is 30.4 Å². The number of rotatable bonds is 8. The molecule has 26 heavy (non-hydrogen) atoms. The Labute approximate surface area is 156 Å². The van der Waals surface area contributed by atoms with E-state index in [1.54, 1.807) is 0 Å². The summed E-state index contributed by atoms with van der Waals surface area (Å²) in [5.41, 5.74) is 2.30. The normalized spacial score (nSPS) is 21.0. The third-order valence-electron chi connectivity index (χ3n) is 5.23. The molecule has 3 nitrogen and oxygen atoms in total. The predicted octanol–water partition coefficient (Wildman–Crippen LogP) is 4.62. The molecule has 2 aromatic rings. The standard InChI is InChI=1S/C23H27NO2/c1-3-10-21-15-24(18(2)20-13-8-5-9-14-20)23(25)22(21)17-26-16-19-11-6-4-7-12-19/h3-9,11-14,18,21-22H,1,10,15-17H2,2H3/t18-,21+,22?/m1/s1. The van der Waals surface area contributed by atoms with Crippen LogP contribution in [0.5, 0.6) is 0 Å². The fourth-order valence-electron chi connectivity index (χ4n) is 3.68. The number of amides is 1. The number of likely N-dealkylation sites (tertiary alicyclic amines) is 1. The largest absolute Gasteiger partial charge is 0.376 e. The van der Waals surface area contributed by atoms with Crippen molar-refractivity contribution in [2.45, 2.75) is 26.0 Å². The molecule has 3 heteroatoms. The minimum absolute atomic E-state index is 0.0788. The van der Waals surface area contributed by atoms with Crippen molar-refractivity contribution in [1.29, 1.82) is 0 Å². The number of ether oxygens (including phenoxy) is 1. The Hall–Kier alpha value is -2.39.